The van der Waals surface area contributed by atoms with Gasteiger partial charge in [-0.25, -0.2) is 4.79 Å². The monoisotopic (exact) mass is 276 g/mol. The van der Waals surface area contributed by atoms with E-state index in [1.165, 1.54) is 24.5 Å². The summed E-state index contributed by atoms with van der Waals surface area (Å²) >= 11 is 0. The van der Waals surface area contributed by atoms with E-state index in [-0.39, 0.29) is 16.9 Å². The van der Waals surface area contributed by atoms with Crippen LogP contribution in [0.25, 0.3) is 0 Å². The molecule has 0 fully saturated rings. The van der Waals surface area contributed by atoms with Crippen LogP contribution in [0.2, 0.25) is 0 Å². The Labute approximate surface area is 114 Å². The third kappa shape index (κ3) is 2.94. The van der Waals surface area contributed by atoms with Gasteiger partial charge < -0.3 is 14.8 Å². The minimum Gasteiger partial charge on any atom is -0.478 e. The molecular weight excluding hydrogens is 264 g/mol. The molecule has 0 saturated heterocycles. The molecule has 20 heavy (non-hydrogen) atoms. The molecule has 0 saturated carbocycles. The Morgan fingerprint density at radius 2 is 2.15 bits per heavy atom. The van der Waals surface area contributed by atoms with Crippen LogP contribution in [0, 0.1) is 10.1 Å². The van der Waals surface area contributed by atoms with E-state index >= 15 is 0 Å². The van der Waals surface area contributed by atoms with Crippen LogP contribution in [0.5, 0.6) is 0 Å². The van der Waals surface area contributed by atoms with Gasteiger partial charge in [0, 0.05) is 19.0 Å². The topological polar surface area (TPSA) is 106 Å². The second-order valence-electron chi connectivity index (χ2n) is 4.02. The van der Waals surface area contributed by atoms with Gasteiger partial charge in [0.25, 0.3) is 5.69 Å². The van der Waals surface area contributed by atoms with Gasteiger partial charge in [0.05, 0.1) is 16.7 Å². The Morgan fingerprint density at radius 1 is 1.35 bits per heavy atom. The second-order valence-corrected chi connectivity index (χ2v) is 4.02. The molecule has 0 spiro atoms. The summed E-state index contributed by atoms with van der Waals surface area (Å²) < 4.78 is 5.14. The number of nitrogens with one attached hydrogen (secondary N) is 1. The number of carboxylic acid groups (broad SMARTS) is 1. The lowest BCUT2D eigenvalue weighted by molar-refractivity contribution is -0.384. The Balaban J connectivity index is 2.19. The number of furan rings is 1. The molecule has 0 atom stereocenters. The maximum Gasteiger partial charge on any atom is 0.338 e. The molecule has 7 heteroatoms. The van der Waals surface area contributed by atoms with E-state index in [0.29, 0.717) is 18.7 Å². The van der Waals surface area contributed by atoms with Crippen LogP contribution in [0.3, 0.4) is 0 Å². The number of nitro benzene ring substituents is 1. The zero-order valence-electron chi connectivity index (χ0n) is 10.4. The number of nitro groups is 1. The van der Waals surface area contributed by atoms with E-state index < -0.39 is 10.9 Å². The third-order valence-corrected chi connectivity index (χ3v) is 2.72. The van der Waals surface area contributed by atoms with Gasteiger partial charge >= 0.3 is 5.97 Å². The third-order valence-electron chi connectivity index (χ3n) is 2.72. The summed E-state index contributed by atoms with van der Waals surface area (Å²) in [7, 11) is 0. The van der Waals surface area contributed by atoms with Gasteiger partial charge in [-0.3, -0.25) is 10.1 Å². The van der Waals surface area contributed by atoms with Crippen molar-refractivity contribution in [1.29, 1.82) is 0 Å². The van der Waals surface area contributed by atoms with E-state index in [0.717, 1.165) is 0 Å². The average molecular weight is 276 g/mol. The predicted octanol–water partition coefficient (Wildman–Crippen LogP) is 2.54. The molecule has 0 aliphatic heterocycles. The SMILES string of the molecule is O=C(O)c1cccc([N+](=O)[O-])c1NCCc1ccco1. The highest BCUT2D eigenvalue weighted by atomic mass is 16.6. The van der Waals surface area contributed by atoms with Crippen molar-refractivity contribution in [3.63, 3.8) is 0 Å². The molecular formula is C13H12N2O5. The van der Waals surface area contributed by atoms with Gasteiger partial charge in [-0.15, -0.1) is 0 Å². The Bertz CT molecular complexity index is 589. The zero-order valence-corrected chi connectivity index (χ0v) is 10.4. The molecule has 1 heterocycles. The molecule has 0 radical (unpaired) electrons. The molecule has 2 N–H and O–H groups in total. The summed E-state index contributed by atoms with van der Waals surface area (Å²) in [5.74, 6) is -0.498. The number of nitrogens with zero attached hydrogens (tertiary/aromatic N) is 1. The quantitative estimate of drug-likeness (QED) is 0.620. The van der Waals surface area contributed by atoms with Crippen molar-refractivity contribution < 1.29 is 19.2 Å². The zero-order chi connectivity index (χ0) is 14.5. The van der Waals surface area contributed by atoms with Crippen LogP contribution in [0.4, 0.5) is 11.4 Å². The van der Waals surface area contributed by atoms with E-state index in [4.69, 9.17) is 9.52 Å². The lowest BCUT2D eigenvalue weighted by Gasteiger charge is -2.09. The standard InChI is InChI=1S/C13H12N2O5/c16-13(17)10-4-1-5-11(15(18)19)12(10)14-7-6-9-3-2-8-20-9/h1-5,8,14H,6-7H2,(H,16,17). The van der Waals surface area contributed by atoms with Crippen molar-refractivity contribution in [2.75, 3.05) is 11.9 Å². The van der Waals surface area contributed by atoms with Gasteiger partial charge in [0.2, 0.25) is 0 Å². The van der Waals surface area contributed by atoms with Crippen LogP contribution in [0.1, 0.15) is 16.1 Å². The number of hydrogen-bond acceptors (Lipinski definition) is 5. The highest BCUT2D eigenvalue weighted by Gasteiger charge is 2.20. The van der Waals surface area contributed by atoms with E-state index in [1.807, 2.05) is 0 Å². The first-order chi connectivity index (χ1) is 9.59. The highest BCUT2D eigenvalue weighted by molar-refractivity contribution is 5.96. The summed E-state index contributed by atoms with van der Waals surface area (Å²) in [5, 5.41) is 22.8. The summed E-state index contributed by atoms with van der Waals surface area (Å²) in [6, 6.07) is 7.45. The minimum absolute atomic E-state index is 0.0107. The first-order valence-electron chi connectivity index (χ1n) is 5.86. The van der Waals surface area contributed by atoms with Crippen LogP contribution in [-0.4, -0.2) is 22.5 Å². The molecule has 0 amide bonds. The largest absolute Gasteiger partial charge is 0.478 e. The maximum absolute atomic E-state index is 11.1. The smallest absolute Gasteiger partial charge is 0.338 e. The van der Waals surface area contributed by atoms with E-state index in [1.54, 1.807) is 12.1 Å². The van der Waals surface area contributed by atoms with Crippen LogP contribution >= 0.6 is 0 Å². The molecule has 7 nitrogen and oxygen atoms in total. The summed E-state index contributed by atoms with van der Waals surface area (Å²) in [5.41, 5.74) is -0.375. The van der Waals surface area contributed by atoms with Gasteiger partial charge in [0.15, 0.2) is 0 Å². The van der Waals surface area contributed by atoms with Gasteiger partial charge in [-0.2, -0.15) is 0 Å². The summed E-state index contributed by atoms with van der Waals surface area (Å²) in [6.07, 6.45) is 2.03. The number of carboxylic acids is 1. The Morgan fingerprint density at radius 3 is 2.75 bits per heavy atom. The number of benzene rings is 1. The van der Waals surface area contributed by atoms with Gasteiger partial charge in [-0.05, 0) is 18.2 Å². The first kappa shape index (κ1) is 13.6. The Hall–Kier alpha value is -2.83. The maximum atomic E-state index is 11.1. The average Bonchev–Trinajstić information content (AvgIpc) is 2.91. The first-order valence-corrected chi connectivity index (χ1v) is 5.86. The van der Waals surface area contributed by atoms with Crippen LogP contribution < -0.4 is 5.32 Å². The fourth-order valence-electron chi connectivity index (χ4n) is 1.82. The predicted molar refractivity (Wildman–Crippen MR) is 71.0 cm³/mol. The van der Waals surface area contributed by atoms with Crippen molar-refractivity contribution >= 4 is 17.3 Å². The number of carbonyl (C=O) groups is 1. The second kappa shape index (κ2) is 5.87. The lowest BCUT2D eigenvalue weighted by Crippen LogP contribution is -2.11. The van der Waals surface area contributed by atoms with Crippen molar-refractivity contribution in [3.05, 3.63) is 58.0 Å². The fourth-order valence-corrected chi connectivity index (χ4v) is 1.82. The van der Waals surface area contributed by atoms with Crippen molar-refractivity contribution in [2.24, 2.45) is 0 Å². The molecule has 1 aromatic carbocycles. The number of aromatic carboxylic acids is 1. The molecule has 104 valence electrons. The van der Waals surface area contributed by atoms with E-state index in [9.17, 15) is 14.9 Å². The van der Waals surface area contributed by atoms with Crippen LogP contribution in [-0.2, 0) is 6.42 Å². The molecule has 0 aliphatic rings. The normalized spacial score (nSPS) is 10.2. The van der Waals surface area contributed by atoms with Crippen molar-refractivity contribution in [1.82, 2.24) is 0 Å². The molecule has 0 unspecified atom stereocenters. The highest BCUT2D eigenvalue weighted by Crippen LogP contribution is 2.28. The minimum atomic E-state index is -1.21. The summed E-state index contributed by atoms with van der Waals surface area (Å²) in [6.45, 7) is 0.332. The van der Waals surface area contributed by atoms with Gasteiger partial charge in [-0.1, -0.05) is 6.07 Å². The number of para-hydroxylation sites is 1. The molecule has 0 bridgehead atoms. The Kier molecular flexibility index (Phi) is 3.99. The van der Waals surface area contributed by atoms with Crippen molar-refractivity contribution in [3.8, 4) is 0 Å². The summed E-state index contributed by atoms with van der Waals surface area (Å²) in [4.78, 5) is 21.4. The number of hydrogen-bond donors (Lipinski definition) is 2. The number of rotatable bonds is 6. The lowest BCUT2D eigenvalue weighted by atomic mass is 10.1. The molecule has 1 aromatic heterocycles. The molecule has 0 aliphatic carbocycles. The number of anilines is 1. The molecule has 2 aromatic rings. The molecule has 2 rings (SSSR count). The fraction of sp³-hybridized carbons (Fsp3) is 0.154. The van der Waals surface area contributed by atoms with Crippen molar-refractivity contribution in [2.45, 2.75) is 6.42 Å². The van der Waals surface area contributed by atoms with Crippen LogP contribution in [0.15, 0.2) is 41.0 Å². The van der Waals surface area contributed by atoms with Gasteiger partial charge in [0.1, 0.15) is 11.4 Å². The van der Waals surface area contributed by atoms with E-state index in [2.05, 4.69) is 5.32 Å².